The highest BCUT2D eigenvalue weighted by Crippen LogP contribution is 2.15. The summed E-state index contributed by atoms with van der Waals surface area (Å²) in [5.41, 5.74) is 5.46. The molecule has 1 fully saturated rings. The number of nitrogens with two attached hydrogens (primary N) is 1. The molecular weight excluding hydrogens is 266 g/mol. The largest absolute Gasteiger partial charge is 0.330 e. The lowest BCUT2D eigenvalue weighted by atomic mass is 10.2. The molecule has 0 atom stereocenters. The number of nitrogens with one attached hydrogen (secondary N) is 1. The van der Waals surface area contributed by atoms with Crippen molar-refractivity contribution in [3.05, 3.63) is 12.3 Å². The highest BCUT2D eigenvalue weighted by atomic mass is 32.2. The van der Waals surface area contributed by atoms with Crippen molar-refractivity contribution in [2.24, 2.45) is 5.73 Å². The molecule has 2 heterocycles. The average molecular weight is 287 g/mol. The lowest BCUT2D eigenvalue weighted by molar-refractivity contribution is 0.185. The van der Waals surface area contributed by atoms with Crippen LogP contribution in [-0.2, 0) is 10.0 Å². The van der Waals surface area contributed by atoms with Gasteiger partial charge in [0.15, 0.2) is 5.03 Å². The quantitative estimate of drug-likeness (QED) is 0.685. The van der Waals surface area contributed by atoms with Crippen LogP contribution < -0.4 is 5.73 Å². The van der Waals surface area contributed by atoms with Crippen molar-refractivity contribution in [1.29, 1.82) is 0 Å². The molecule has 0 aliphatic carbocycles. The van der Waals surface area contributed by atoms with Crippen molar-refractivity contribution in [3.8, 4) is 0 Å². The Hall–Kier alpha value is -0.960. The Bertz CT molecular complexity index is 465. The molecule has 1 aromatic rings. The molecule has 1 aliphatic rings. The number of rotatable bonds is 6. The molecule has 0 radical (unpaired) electrons. The van der Waals surface area contributed by atoms with Gasteiger partial charge in [0.2, 0.25) is 0 Å². The van der Waals surface area contributed by atoms with E-state index in [1.165, 1.54) is 16.6 Å². The minimum Gasteiger partial charge on any atom is -0.330 e. The number of hydrogen-bond acceptors (Lipinski definition) is 5. The standard InChI is InChI=1S/C11H21N5O2S/c12-4-1-2-6-15-7-9-16(10-8-15)19(17,18)11-3-5-13-14-11/h3,5H,1-2,4,6-10,12H2,(H,13,14). The monoisotopic (exact) mass is 287 g/mol. The predicted molar refractivity (Wildman–Crippen MR) is 72.1 cm³/mol. The fraction of sp³-hybridized carbons (Fsp3) is 0.727. The van der Waals surface area contributed by atoms with E-state index in [1.807, 2.05) is 0 Å². The third-order valence-electron chi connectivity index (χ3n) is 3.35. The SMILES string of the molecule is NCCCCN1CCN(S(=O)(=O)c2ccn[nH]2)CC1. The summed E-state index contributed by atoms with van der Waals surface area (Å²) in [7, 11) is -3.40. The fourth-order valence-electron chi connectivity index (χ4n) is 2.20. The average Bonchev–Trinajstić information content (AvgIpc) is 2.94. The topological polar surface area (TPSA) is 95.3 Å². The molecule has 108 valence electrons. The second kappa shape index (κ2) is 6.47. The summed E-state index contributed by atoms with van der Waals surface area (Å²) in [6.07, 6.45) is 3.55. The number of unbranched alkanes of at least 4 members (excludes halogenated alkanes) is 1. The number of aromatic nitrogens is 2. The van der Waals surface area contributed by atoms with Gasteiger partial charge in [-0.15, -0.1) is 0 Å². The van der Waals surface area contributed by atoms with E-state index in [2.05, 4.69) is 15.1 Å². The number of nitrogens with zero attached hydrogens (tertiary/aromatic N) is 3. The number of sulfonamides is 1. The van der Waals surface area contributed by atoms with Crippen molar-refractivity contribution in [1.82, 2.24) is 19.4 Å². The van der Waals surface area contributed by atoms with Crippen LogP contribution in [0.4, 0.5) is 0 Å². The highest BCUT2D eigenvalue weighted by molar-refractivity contribution is 7.89. The maximum atomic E-state index is 12.2. The van der Waals surface area contributed by atoms with Crippen LogP contribution in [0, 0.1) is 0 Å². The Morgan fingerprint density at radius 1 is 1.26 bits per heavy atom. The van der Waals surface area contributed by atoms with E-state index in [0.29, 0.717) is 19.6 Å². The molecule has 0 unspecified atom stereocenters. The van der Waals surface area contributed by atoms with Gasteiger partial charge in [-0.05, 0) is 32.0 Å². The van der Waals surface area contributed by atoms with E-state index in [0.717, 1.165) is 32.5 Å². The van der Waals surface area contributed by atoms with Gasteiger partial charge in [-0.1, -0.05) is 0 Å². The summed E-state index contributed by atoms with van der Waals surface area (Å²) in [6.45, 7) is 4.33. The summed E-state index contributed by atoms with van der Waals surface area (Å²) in [5.74, 6) is 0. The first-order valence-corrected chi connectivity index (χ1v) is 8.00. The molecule has 1 aromatic heterocycles. The number of hydrogen-bond donors (Lipinski definition) is 2. The molecule has 0 bridgehead atoms. The molecule has 0 aromatic carbocycles. The van der Waals surface area contributed by atoms with Crippen molar-refractivity contribution in [3.63, 3.8) is 0 Å². The second-order valence-electron chi connectivity index (χ2n) is 4.66. The molecule has 1 aliphatic heterocycles. The second-order valence-corrected chi connectivity index (χ2v) is 6.57. The molecule has 0 spiro atoms. The van der Waals surface area contributed by atoms with E-state index in [4.69, 9.17) is 5.73 Å². The fourth-order valence-corrected chi connectivity index (χ4v) is 3.52. The van der Waals surface area contributed by atoms with Gasteiger partial charge < -0.3 is 10.6 Å². The van der Waals surface area contributed by atoms with Crippen LogP contribution in [0.1, 0.15) is 12.8 Å². The summed E-state index contributed by atoms with van der Waals surface area (Å²) in [5, 5.41) is 6.39. The summed E-state index contributed by atoms with van der Waals surface area (Å²) < 4.78 is 26.0. The first kappa shape index (κ1) is 14.4. The van der Waals surface area contributed by atoms with Gasteiger partial charge in [0, 0.05) is 26.2 Å². The lowest BCUT2D eigenvalue weighted by Gasteiger charge is -2.33. The Morgan fingerprint density at radius 3 is 2.58 bits per heavy atom. The Balaban J connectivity index is 1.86. The van der Waals surface area contributed by atoms with Crippen LogP contribution in [-0.4, -0.2) is 67.1 Å². The van der Waals surface area contributed by atoms with Crippen LogP contribution in [0.3, 0.4) is 0 Å². The van der Waals surface area contributed by atoms with Crippen LogP contribution in [0.15, 0.2) is 17.3 Å². The summed E-state index contributed by atoms with van der Waals surface area (Å²) >= 11 is 0. The molecule has 0 saturated carbocycles. The van der Waals surface area contributed by atoms with Crippen LogP contribution in [0.5, 0.6) is 0 Å². The zero-order valence-corrected chi connectivity index (χ0v) is 11.8. The third kappa shape index (κ3) is 3.53. The van der Waals surface area contributed by atoms with Gasteiger partial charge in [0.25, 0.3) is 10.0 Å². The zero-order chi connectivity index (χ0) is 13.7. The number of aromatic amines is 1. The van der Waals surface area contributed by atoms with Crippen molar-refractivity contribution >= 4 is 10.0 Å². The Kier molecular flexibility index (Phi) is 4.92. The zero-order valence-electron chi connectivity index (χ0n) is 11.0. The van der Waals surface area contributed by atoms with Gasteiger partial charge in [0.05, 0.1) is 6.20 Å². The van der Waals surface area contributed by atoms with E-state index >= 15 is 0 Å². The predicted octanol–water partition coefficient (Wildman–Crippen LogP) is -0.545. The van der Waals surface area contributed by atoms with Crippen LogP contribution in [0.2, 0.25) is 0 Å². The van der Waals surface area contributed by atoms with E-state index < -0.39 is 10.0 Å². The first-order valence-electron chi connectivity index (χ1n) is 6.56. The Labute approximate surface area is 113 Å². The molecule has 2 rings (SSSR count). The van der Waals surface area contributed by atoms with E-state index in [9.17, 15) is 8.42 Å². The van der Waals surface area contributed by atoms with Gasteiger partial charge in [0.1, 0.15) is 0 Å². The maximum Gasteiger partial charge on any atom is 0.260 e. The van der Waals surface area contributed by atoms with E-state index in [-0.39, 0.29) is 5.03 Å². The molecule has 3 N–H and O–H groups in total. The van der Waals surface area contributed by atoms with Gasteiger partial charge in [-0.2, -0.15) is 9.40 Å². The molecule has 0 amide bonds. The smallest absolute Gasteiger partial charge is 0.260 e. The van der Waals surface area contributed by atoms with Gasteiger partial charge in [-0.3, -0.25) is 5.10 Å². The van der Waals surface area contributed by atoms with Crippen LogP contribution >= 0.6 is 0 Å². The molecule has 19 heavy (non-hydrogen) atoms. The summed E-state index contributed by atoms with van der Waals surface area (Å²) in [4.78, 5) is 2.29. The molecular formula is C11H21N5O2S. The van der Waals surface area contributed by atoms with Crippen molar-refractivity contribution in [2.45, 2.75) is 17.9 Å². The normalized spacial score (nSPS) is 18.8. The molecule has 1 saturated heterocycles. The summed E-state index contributed by atoms with van der Waals surface area (Å²) in [6, 6.07) is 1.49. The minimum absolute atomic E-state index is 0.170. The van der Waals surface area contributed by atoms with E-state index in [1.54, 1.807) is 0 Å². The molecule has 8 heteroatoms. The van der Waals surface area contributed by atoms with Gasteiger partial charge in [-0.25, -0.2) is 8.42 Å². The number of piperazine rings is 1. The highest BCUT2D eigenvalue weighted by Gasteiger charge is 2.28. The third-order valence-corrected chi connectivity index (χ3v) is 5.18. The van der Waals surface area contributed by atoms with Crippen LogP contribution in [0.25, 0.3) is 0 Å². The lowest BCUT2D eigenvalue weighted by Crippen LogP contribution is -2.48. The minimum atomic E-state index is -3.40. The van der Waals surface area contributed by atoms with Crippen molar-refractivity contribution in [2.75, 3.05) is 39.3 Å². The van der Waals surface area contributed by atoms with Crippen molar-refractivity contribution < 1.29 is 8.42 Å². The van der Waals surface area contributed by atoms with Gasteiger partial charge >= 0.3 is 0 Å². The number of H-pyrrole nitrogens is 1. The molecule has 7 nitrogen and oxygen atoms in total. The maximum absolute atomic E-state index is 12.2. The Morgan fingerprint density at radius 2 is 2.00 bits per heavy atom. The first-order chi connectivity index (χ1) is 9.14.